The maximum Gasteiger partial charge on any atom is 0.115 e. The zero-order chi connectivity index (χ0) is 10.7. The first kappa shape index (κ1) is 9.65. The van der Waals surface area contributed by atoms with Crippen LogP contribution in [0.4, 0.5) is 5.69 Å². The molecular formula is C12H13N3. The SMILES string of the molecule is Cc1cc(Cc2cccc(N)c2)ncn1. The highest BCUT2D eigenvalue weighted by atomic mass is 14.8. The van der Waals surface area contributed by atoms with Gasteiger partial charge in [-0.15, -0.1) is 0 Å². The number of benzene rings is 1. The van der Waals surface area contributed by atoms with Crippen molar-refractivity contribution >= 4 is 5.69 Å². The van der Waals surface area contributed by atoms with Gasteiger partial charge in [-0.3, -0.25) is 0 Å². The predicted molar refractivity (Wildman–Crippen MR) is 60.4 cm³/mol. The number of hydrogen-bond acceptors (Lipinski definition) is 3. The van der Waals surface area contributed by atoms with Gasteiger partial charge in [0.25, 0.3) is 0 Å². The molecule has 2 aromatic rings. The van der Waals surface area contributed by atoms with Gasteiger partial charge in [-0.2, -0.15) is 0 Å². The molecule has 0 unspecified atom stereocenters. The maximum absolute atomic E-state index is 5.71. The Morgan fingerprint density at radius 1 is 1.20 bits per heavy atom. The summed E-state index contributed by atoms with van der Waals surface area (Å²) in [5.74, 6) is 0. The van der Waals surface area contributed by atoms with Crippen molar-refractivity contribution in [3.63, 3.8) is 0 Å². The molecule has 2 rings (SSSR count). The van der Waals surface area contributed by atoms with E-state index in [9.17, 15) is 0 Å². The summed E-state index contributed by atoms with van der Waals surface area (Å²) >= 11 is 0. The second-order valence-corrected chi connectivity index (χ2v) is 3.57. The molecule has 3 heteroatoms. The Morgan fingerprint density at radius 3 is 2.80 bits per heavy atom. The molecule has 0 saturated carbocycles. The molecular weight excluding hydrogens is 186 g/mol. The zero-order valence-corrected chi connectivity index (χ0v) is 8.64. The molecule has 0 saturated heterocycles. The highest BCUT2D eigenvalue weighted by molar-refractivity contribution is 5.41. The molecule has 1 aromatic heterocycles. The average Bonchev–Trinajstić information content (AvgIpc) is 2.17. The molecule has 0 aliphatic carbocycles. The normalized spacial score (nSPS) is 10.2. The van der Waals surface area contributed by atoms with Crippen molar-refractivity contribution in [1.82, 2.24) is 9.97 Å². The summed E-state index contributed by atoms with van der Waals surface area (Å²) in [7, 11) is 0. The summed E-state index contributed by atoms with van der Waals surface area (Å²) < 4.78 is 0. The van der Waals surface area contributed by atoms with E-state index in [1.54, 1.807) is 6.33 Å². The van der Waals surface area contributed by atoms with Gasteiger partial charge >= 0.3 is 0 Å². The highest BCUT2D eigenvalue weighted by Gasteiger charge is 1.98. The zero-order valence-electron chi connectivity index (χ0n) is 8.64. The van der Waals surface area contributed by atoms with Gasteiger partial charge in [0.1, 0.15) is 6.33 Å². The number of rotatable bonds is 2. The topological polar surface area (TPSA) is 51.8 Å². The molecule has 15 heavy (non-hydrogen) atoms. The summed E-state index contributed by atoms with van der Waals surface area (Å²) in [5, 5.41) is 0. The number of hydrogen-bond donors (Lipinski definition) is 1. The standard InChI is InChI=1S/C12H13N3/c1-9-5-12(15-8-14-9)7-10-3-2-4-11(13)6-10/h2-6,8H,7,13H2,1H3. The lowest BCUT2D eigenvalue weighted by Gasteiger charge is -2.02. The van der Waals surface area contributed by atoms with Crippen molar-refractivity contribution in [1.29, 1.82) is 0 Å². The van der Waals surface area contributed by atoms with E-state index in [1.165, 1.54) is 5.56 Å². The number of aromatic nitrogens is 2. The van der Waals surface area contributed by atoms with Gasteiger partial charge < -0.3 is 5.73 Å². The van der Waals surface area contributed by atoms with E-state index in [0.717, 1.165) is 23.5 Å². The number of anilines is 1. The van der Waals surface area contributed by atoms with Crippen LogP contribution in [0.25, 0.3) is 0 Å². The third-order valence-electron chi connectivity index (χ3n) is 2.20. The Kier molecular flexibility index (Phi) is 2.63. The molecule has 1 heterocycles. The summed E-state index contributed by atoms with van der Waals surface area (Å²) in [6, 6.07) is 9.85. The van der Waals surface area contributed by atoms with Crippen molar-refractivity contribution < 1.29 is 0 Å². The van der Waals surface area contributed by atoms with Crippen LogP contribution in [-0.2, 0) is 6.42 Å². The second kappa shape index (κ2) is 4.09. The van der Waals surface area contributed by atoms with Crippen LogP contribution in [0.5, 0.6) is 0 Å². The van der Waals surface area contributed by atoms with E-state index in [2.05, 4.69) is 9.97 Å². The Morgan fingerprint density at radius 2 is 2.07 bits per heavy atom. The lowest BCUT2D eigenvalue weighted by Crippen LogP contribution is -1.95. The Bertz CT molecular complexity index is 422. The largest absolute Gasteiger partial charge is 0.399 e. The summed E-state index contributed by atoms with van der Waals surface area (Å²) in [6.45, 7) is 1.96. The van der Waals surface area contributed by atoms with E-state index in [4.69, 9.17) is 5.73 Å². The predicted octanol–water partition coefficient (Wildman–Crippen LogP) is 1.96. The van der Waals surface area contributed by atoms with Crippen molar-refractivity contribution in [2.24, 2.45) is 0 Å². The fraction of sp³-hybridized carbons (Fsp3) is 0.167. The fourth-order valence-electron chi connectivity index (χ4n) is 1.52. The summed E-state index contributed by atoms with van der Waals surface area (Å²) in [4.78, 5) is 8.28. The van der Waals surface area contributed by atoms with Crippen molar-refractivity contribution in [2.75, 3.05) is 5.73 Å². The van der Waals surface area contributed by atoms with Gasteiger partial charge in [0.15, 0.2) is 0 Å². The van der Waals surface area contributed by atoms with E-state index in [-0.39, 0.29) is 0 Å². The molecule has 0 aliphatic rings. The highest BCUT2D eigenvalue weighted by Crippen LogP contribution is 2.11. The second-order valence-electron chi connectivity index (χ2n) is 3.57. The Labute approximate surface area is 89.0 Å². The van der Waals surface area contributed by atoms with Gasteiger partial charge in [-0.25, -0.2) is 9.97 Å². The van der Waals surface area contributed by atoms with Gasteiger partial charge in [-0.1, -0.05) is 12.1 Å². The van der Waals surface area contributed by atoms with Gasteiger partial charge in [0.05, 0.1) is 0 Å². The van der Waals surface area contributed by atoms with E-state index >= 15 is 0 Å². The molecule has 76 valence electrons. The Hall–Kier alpha value is -1.90. The van der Waals surface area contributed by atoms with Crippen LogP contribution < -0.4 is 5.73 Å². The van der Waals surface area contributed by atoms with Crippen molar-refractivity contribution in [3.05, 3.63) is 53.6 Å². The lowest BCUT2D eigenvalue weighted by atomic mass is 10.1. The van der Waals surface area contributed by atoms with Crippen LogP contribution in [0.1, 0.15) is 17.0 Å². The number of nitrogen functional groups attached to an aromatic ring is 1. The third-order valence-corrected chi connectivity index (χ3v) is 2.20. The number of nitrogens with two attached hydrogens (primary N) is 1. The van der Waals surface area contributed by atoms with Crippen LogP contribution in [0.3, 0.4) is 0 Å². The number of aryl methyl sites for hydroxylation is 1. The van der Waals surface area contributed by atoms with Crippen LogP contribution in [0, 0.1) is 6.92 Å². The molecule has 0 aliphatic heterocycles. The molecule has 2 N–H and O–H groups in total. The fourth-order valence-corrected chi connectivity index (χ4v) is 1.52. The molecule has 1 aromatic carbocycles. The molecule has 3 nitrogen and oxygen atoms in total. The molecule has 0 atom stereocenters. The first-order chi connectivity index (χ1) is 7.24. The smallest absolute Gasteiger partial charge is 0.115 e. The number of nitrogens with zero attached hydrogens (tertiary/aromatic N) is 2. The minimum absolute atomic E-state index is 0.790. The summed E-state index contributed by atoms with van der Waals surface area (Å²) in [5.41, 5.74) is 9.68. The van der Waals surface area contributed by atoms with E-state index in [1.807, 2.05) is 37.3 Å². The maximum atomic E-state index is 5.71. The molecule has 0 spiro atoms. The monoisotopic (exact) mass is 199 g/mol. The van der Waals surface area contributed by atoms with Gasteiger partial charge in [-0.05, 0) is 30.7 Å². The van der Waals surface area contributed by atoms with E-state index in [0.29, 0.717) is 0 Å². The first-order valence-electron chi connectivity index (χ1n) is 4.86. The lowest BCUT2D eigenvalue weighted by molar-refractivity contribution is 0.999. The first-order valence-corrected chi connectivity index (χ1v) is 4.86. The molecule has 0 amide bonds. The van der Waals surface area contributed by atoms with Crippen molar-refractivity contribution in [2.45, 2.75) is 13.3 Å². The quantitative estimate of drug-likeness (QED) is 0.752. The van der Waals surface area contributed by atoms with Crippen LogP contribution >= 0.6 is 0 Å². The minimum Gasteiger partial charge on any atom is -0.399 e. The molecule has 0 fully saturated rings. The van der Waals surface area contributed by atoms with Crippen LogP contribution in [0.15, 0.2) is 36.7 Å². The molecule has 0 bridgehead atoms. The third kappa shape index (κ3) is 2.53. The summed E-state index contributed by atoms with van der Waals surface area (Å²) in [6.07, 6.45) is 2.39. The van der Waals surface area contributed by atoms with Crippen LogP contribution in [0.2, 0.25) is 0 Å². The Balaban J connectivity index is 2.22. The van der Waals surface area contributed by atoms with E-state index < -0.39 is 0 Å². The minimum atomic E-state index is 0.790. The van der Waals surface area contributed by atoms with Gasteiger partial charge in [0.2, 0.25) is 0 Å². The average molecular weight is 199 g/mol. The van der Waals surface area contributed by atoms with Gasteiger partial charge in [0, 0.05) is 23.5 Å². The molecule has 0 radical (unpaired) electrons. The van der Waals surface area contributed by atoms with Crippen LogP contribution in [-0.4, -0.2) is 9.97 Å². The van der Waals surface area contributed by atoms with Crippen molar-refractivity contribution in [3.8, 4) is 0 Å².